The molecule has 0 amide bonds. The Morgan fingerprint density at radius 3 is 3.00 bits per heavy atom. The van der Waals surface area contributed by atoms with E-state index in [-0.39, 0.29) is 0 Å². The third-order valence-electron chi connectivity index (χ3n) is 4.72. The Kier molecular flexibility index (Phi) is 4.35. The minimum atomic E-state index is 0.592. The molecule has 1 atom stereocenters. The fourth-order valence-electron chi connectivity index (χ4n) is 3.43. The van der Waals surface area contributed by atoms with Gasteiger partial charge in [-0.25, -0.2) is 0 Å². The van der Waals surface area contributed by atoms with E-state index < -0.39 is 0 Å². The summed E-state index contributed by atoms with van der Waals surface area (Å²) >= 11 is 1.61. The van der Waals surface area contributed by atoms with Crippen LogP contribution in [0.1, 0.15) is 29.8 Å². The van der Waals surface area contributed by atoms with Crippen LogP contribution in [0.25, 0.3) is 10.1 Å². The van der Waals surface area contributed by atoms with Crippen LogP contribution in [0.3, 0.4) is 0 Å². The maximum absolute atomic E-state index is 4.62. The predicted octanol–water partition coefficient (Wildman–Crippen LogP) is 3.77. The summed E-state index contributed by atoms with van der Waals surface area (Å²) < 4.78 is 5.91. The summed E-state index contributed by atoms with van der Waals surface area (Å²) in [6, 6.07) is 13.4. The second-order valence-electron chi connectivity index (χ2n) is 6.21. The van der Waals surface area contributed by atoms with Gasteiger partial charge >= 0.3 is 0 Å². The van der Waals surface area contributed by atoms with Crippen molar-refractivity contribution >= 4 is 21.6 Å². The van der Waals surface area contributed by atoms with Gasteiger partial charge in [-0.15, -0.1) is 0 Å². The van der Waals surface area contributed by atoms with Gasteiger partial charge in [0.2, 0.25) is 0 Å². The van der Waals surface area contributed by atoms with E-state index in [9.17, 15) is 0 Å². The molecule has 4 rings (SSSR count). The minimum absolute atomic E-state index is 0.592. The summed E-state index contributed by atoms with van der Waals surface area (Å²) in [6.07, 6.45) is 7.54. The number of aryl methyl sites for hydroxylation is 2. The number of nitrogens with zero attached hydrogens (tertiary/aromatic N) is 2. The van der Waals surface area contributed by atoms with E-state index in [4.69, 9.17) is 0 Å². The van der Waals surface area contributed by atoms with Crippen LogP contribution in [0.2, 0.25) is 0 Å². The summed E-state index contributed by atoms with van der Waals surface area (Å²) in [6.45, 7) is 1.00. The highest BCUT2D eigenvalue weighted by Crippen LogP contribution is 2.23. The van der Waals surface area contributed by atoms with Gasteiger partial charge in [0.15, 0.2) is 0 Å². The van der Waals surface area contributed by atoms with E-state index in [0.29, 0.717) is 6.04 Å². The average Bonchev–Trinajstić information content (AvgIpc) is 2.89. The lowest BCUT2D eigenvalue weighted by Crippen LogP contribution is -2.31. The first kappa shape index (κ1) is 14.8. The average molecular weight is 323 g/mol. The SMILES string of the molecule is c1cnc2c(c1)CCC(NCCc1nsc3ccccc13)CC2. The molecule has 1 aromatic carbocycles. The Morgan fingerprint density at radius 1 is 1.09 bits per heavy atom. The van der Waals surface area contributed by atoms with Crippen molar-refractivity contribution in [3.63, 3.8) is 0 Å². The third kappa shape index (κ3) is 3.28. The normalized spacial score (nSPS) is 17.8. The van der Waals surface area contributed by atoms with E-state index in [1.165, 1.54) is 39.9 Å². The van der Waals surface area contributed by atoms with Gasteiger partial charge in [0, 0.05) is 36.3 Å². The molecule has 0 saturated carbocycles. The van der Waals surface area contributed by atoms with Crippen LogP contribution in [0, 0.1) is 0 Å². The first-order valence-corrected chi connectivity index (χ1v) is 9.17. The lowest BCUT2D eigenvalue weighted by Gasteiger charge is -2.15. The van der Waals surface area contributed by atoms with Crippen molar-refractivity contribution in [3.05, 3.63) is 59.5 Å². The molecule has 0 aliphatic heterocycles. The van der Waals surface area contributed by atoms with Gasteiger partial charge in [-0.1, -0.05) is 24.3 Å². The second kappa shape index (κ2) is 6.77. The Labute approximate surface area is 140 Å². The predicted molar refractivity (Wildman–Crippen MR) is 96.0 cm³/mol. The highest BCUT2D eigenvalue weighted by molar-refractivity contribution is 7.13. The molecular formula is C19H21N3S. The molecule has 2 heterocycles. The molecule has 4 heteroatoms. The van der Waals surface area contributed by atoms with Crippen molar-refractivity contribution in [2.45, 2.75) is 38.1 Å². The Bertz CT molecular complexity index is 769. The van der Waals surface area contributed by atoms with Gasteiger partial charge in [-0.05, 0) is 54.9 Å². The number of nitrogens with one attached hydrogen (secondary N) is 1. The van der Waals surface area contributed by atoms with Gasteiger partial charge in [0.05, 0.1) is 10.4 Å². The lowest BCUT2D eigenvalue weighted by molar-refractivity contribution is 0.465. The van der Waals surface area contributed by atoms with Gasteiger partial charge in [-0.3, -0.25) is 4.98 Å². The highest BCUT2D eigenvalue weighted by atomic mass is 32.1. The van der Waals surface area contributed by atoms with Gasteiger partial charge in [-0.2, -0.15) is 4.37 Å². The molecule has 0 bridgehead atoms. The molecule has 1 aliphatic rings. The molecule has 23 heavy (non-hydrogen) atoms. The summed E-state index contributed by atoms with van der Waals surface area (Å²) in [7, 11) is 0. The van der Waals surface area contributed by atoms with Crippen LogP contribution in [0.15, 0.2) is 42.6 Å². The molecule has 0 radical (unpaired) electrons. The van der Waals surface area contributed by atoms with Gasteiger partial charge in [0.1, 0.15) is 0 Å². The molecule has 1 unspecified atom stereocenters. The summed E-state index contributed by atoms with van der Waals surface area (Å²) in [5.41, 5.74) is 3.96. The van der Waals surface area contributed by atoms with Crippen molar-refractivity contribution in [3.8, 4) is 0 Å². The quantitative estimate of drug-likeness (QED) is 0.743. The van der Waals surface area contributed by atoms with Crippen LogP contribution in [-0.2, 0) is 19.3 Å². The standard InChI is InChI=1S/C19H21N3S/c1-2-6-19-16(5-1)18(22-23-19)11-13-20-15-8-7-14-4-3-12-21-17(14)10-9-15/h1-6,12,15,20H,7-11,13H2. The molecule has 0 fully saturated rings. The smallest absolute Gasteiger partial charge is 0.0633 e. The molecule has 3 aromatic rings. The van der Waals surface area contributed by atoms with E-state index in [1.54, 1.807) is 11.5 Å². The number of hydrogen-bond acceptors (Lipinski definition) is 4. The fourth-order valence-corrected chi connectivity index (χ4v) is 4.25. The zero-order chi connectivity index (χ0) is 15.5. The molecule has 0 spiro atoms. The topological polar surface area (TPSA) is 37.8 Å². The zero-order valence-electron chi connectivity index (χ0n) is 13.2. The van der Waals surface area contributed by atoms with Gasteiger partial charge in [0.25, 0.3) is 0 Å². The van der Waals surface area contributed by atoms with Crippen LogP contribution in [-0.4, -0.2) is 21.9 Å². The van der Waals surface area contributed by atoms with Crippen molar-refractivity contribution in [1.29, 1.82) is 0 Å². The van der Waals surface area contributed by atoms with Crippen LogP contribution in [0.5, 0.6) is 0 Å². The number of pyridine rings is 1. The van der Waals surface area contributed by atoms with E-state index in [2.05, 4.69) is 51.1 Å². The van der Waals surface area contributed by atoms with Crippen molar-refractivity contribution < 1.29 is 0 Å². The van der Waals surface area contributed by atoms with E-state index in [0.717, 1.165) is 25.8 Å². The Hall–Kier alpha value is -1.78. The van der Waals surface area contributed by atoms with Crippen molar-refractivity contribution in [2.24, 2.45) is 0 Å². The van der Waals surface area contributed by atoms with Crippen LogP contribution < -0.4 is 5.32 Å². The molecule has 118 valence electrons. The van der Waals surface area contributed by atoms with Crippen molar-refractivity contribution in [2.75, 3.05) is 6.54 Å². The summed E-state index contributed by atoms with van der Waals surface area (Å²) in [5.74, 6) is 0. The van der Waals surface area contributed by atoms with Crippen LogP contribution in [0.4, 0.5) is 0 Å². The number of benzene rings is 1. The first-order chi connectivity index (χ1) is 11.4. The molecule has 2 aromatic heterocycles. The van der Waals surface area contributed by atoms with Crippen molar-refractivity contribution in [1.82, 2.24) is 14.7 Å². The monoisotopic (exact) mass is 323 g/mol. The number of aromatic nitrogens is 2. The molecular weight excluding hydrogens is 302 g/mol. The second-order valence-corrected chi connectivity index (χ2v) is 7.02. The van der Waals surface area contributed by atoms with Crippen LogP contribution >= 0.6 is 11.5 Å². The highest BCUT2D eigenvalue weighted by Gasteiger charge is 2.16. The maximum atomic E-state index is 4.62. The minimum Gasteiger partial charge on any atom is -0.314 e. The Balaban J connectivity index is 1.34. The molecule has 3 nitrogen and oxygen atoms in total. The number of rotatable bonds is 4. The summed E-state index contributed by atoms with van der Waals surface area (Å²) in [5, 5.41) is 5.05. The fraction of sp³-hybridized carbons (Fsp3) is 0.368. The zero-order valence-corrected chi connectivity index (χ0v) is 14.0. The number of fused-ring (bicyclic) bond motifs is 2. The van der Waals surface area contributed by atoms with E-state index in [1.807, 2.05) is 6.20 Å². The Morgan fingerprint density at radius 2 is 2.00 bits per heavy atom. The maximum Gasteiger partial charge on any atom is 0.0633 e. The summed E-state index contributed by atoms with van der Waals surface area (Å²) in [4.78, 5) is 4.53. The van der Waals surface area contributed by atoms with Gasteiger partial charge < -0.3 is 5.32 Å². The first-order valence-electron chi connectivity index (χ1n) is 8.39. The third-order valence-corrected chi connectivity index (χ3v) is 5.59. The number of hydrogen-bond donors (Lipinski definition) is 1. The van der Waals surface area contributed by atoms with E-state index >= 15 is 0 Å². The molecule has 1 N–H and O–H groups in total. The molecule has 0 saturated heterocycles. The largest absolute Gasteiger partial charge is 0.314 e. The lowest BCUT2D eigenvalue weighted by atomic mass is 10.1. The molecule has 1 aliphatic carbocycles.